The van der Waals surface area contributed by atoms with Gasteiger partial charge in [-0.25, -0.2) is 21.6 Å². The number of para-hydroxylation sites is 1. The van der Waals surface area contributed by atoms with E-state index in [9.17, 15) is 16.8 Å². The molecule has 8 heteroatoms. The molecule has 1 N–H and O–H groups in total. The molecule has 140 valence electrons. The quantitative estimate of drug-likeness (QED) is 0.812. The monoisotopic (exact) mass is 394 g/mol. The first-order chi connectivity index (χ1) is 12.2. The maximum atomic E-state index is 12.6. The largest absolute Gasteiger partial charge is 0.270 e. The molecule has 3 rings (SSSR count). The average molecular weight is 395 g/mol. The molecular weight excluding hydrogens is 372 g/mol. The Morgan fingerprint density at radius 1 is 1.00 bits per heavy atom. The number of aryl methyl sites for hydroxylation is 2. The minimum atomic E-state index is -3.74. The minimum absolute atomic E-state index is 0.143. The highest BCUT2D eigenvalue weighted by atomic mass is 32.2. The summed E-state index contributed by atoms with van der Waals surface area (Å²) in [5.41, 5.74) is 3.55. The highest BCUT2D eigenvalue weighted by molar-refractivity contribution is 7.93. The van der Waals surface area contributed by atoms with Crippen molar-refractivity contribution in [1.82, 2.24) is 4.72 Å². The Labute approximate surface area is 155 Å². The van der Waals surface area contributed by atoms with E-state index in [-0.39, 0.29) is 17.2 Å². The Balaban J connectivity index is 1.68. The number of nitrogens with one attached hydrogen (secondary N) is 1. The number of rotatable bonds is 6. The Kier molecular flexibility index (Phi) is 5.09. The number of benzene rings is 2. The van der Waals surface area contributed by atoms with Crippen LogP contribution in [-0.4, -0.2) is 35.7 Å². The fraction of sp³-hybridized carbons (Fsp3) is 0.333. The maximum absolute atomic E-state index is 12.6. The molecule has 0 radical (unpaired) electrons. The Morgan fingerprint density at radius 3 is 2.46 bits per heavy atom. The van der Waals surface area contributed by atoms with Gasteiger partial charge in [0.1, 0.15) is 0 Å². The molecule has 1 aliphatic rings. The zero-order valence-electron chi connectivity index (χ0n) is 14.8. The maximum Gasteiger partial charge on any atom is 0.240 e. The van der Waals surface area contributed by atoms with E-state index in [1.807, 2.05) is 26.0 Å². The standard InChI is InChI=1S/C18H22N2O4S2/c1-14-7-8-17(13-15(14)2)26(23,24)19-10-12-25(21,22)20-11-9-16-5-3-4-6-18(16)20/h3-8,13,19H,9-12H2,1-2H3. The summed E-state index contributed by atoms with van der Waals surface area (Å²) in [7, 11) is -7.33. The van der Waals surface area contributed by atoms with Crippen molar-refractivity contribution in [3.63, 3.8) is 0 Å². The molecule has 2 aromatic carbocycles. The average Bonchev–Trinajstić information content (AvgIpc) is 3.02. The minimum Gasteiger partial charge on any atom is -0.270 e. The lowest BCUT2D eigenvalue weighted by Crippen LogP contribution is -2.37. The Bertz CT molecular complexity index is 1030. The van der Waals surface area contributed by atoms with Gasteiger partial charge in [0.05, 0.1) is 16.3 Å². The molecule has 1 aliphatic heterocycles. The van der Waals surface area contributed by atoms with Crippen LogP contribution in [-0.2, 0) is 26.5 Å². The molecule has 26 heavy (non-hydrogen) atoms. The smallest absolute Gasteiger partial charge is 0.240 e. The fourth-order valence-electron chi connectivity index (χ4n) is 2.98. The van der Waals surface area contributed by atoms with Gasteiger partial charge in [0.25, 0.3) is 0 Å². The molecule has 0 amide bonds. The zero-order valence-corrected chi connectivity index (χ0v) is 16.4. The zero-order chi connectivity index (χ0) is 18.9. The van der Waals surface area contributed by atoms with Gasteiger partial charge in [-0.1, -0.05) is 24.3 Å². The summed E-state index contributed by atoms with van der Waals surface area (Å²) in [5, 5.41) is 0. The molecular formula is C18H22N2O4S2. The van der Waals surface area contributed by atoms with Crippen LogP contribution in [0.1, 0.15) is 16.7 Å². The summed E-state index contributed by atoms with van der Waals surface area (Å²) in [6.45, 7) is 3.96. The van der Waals surface area contributed by atoms with Gasteiger partial charge in [-0.3, -0.25) is 4.31 Å². The first-order valence-corrected chi connectivity index (χ1v) is 11.5. The second kappa shape index (κ2) is 7.02. The summed E-state index contributed by atoms with van der Waals surface area (Å²) in [4.78, 5) is 0.143. The second-order valence-electron chi connectivity index (χ2n) is 6.41. The summed E-state index contributed by atoms with van der Waals surface area (Å²) >= 11 is 0. The van der Waals surface area contributed by atoms with E-state index in [4.69, 9.17) is 0 Å². The van der Waals surface area contributed by atoms with Crippen molar-refractivity contribution in [3.8, 4) is 0 Å². The SMILES string of the molecule is Cc1ccc(S(=O)(=O)NCCS(=O)(=O)N2CCc3ccccc32)cc1C. The van der Waals surface area contributed by atoms with Crippen LogP contribution in [0.4, 0.5) is 5.69 Å². The van der Waals surface area contributed by atoms with Crippen LogP contribution in [0, 0.1) is 13.8 Å². The van der Waals surface area contributed by atoms with Crippen LogP contribution in [0.25, 0.3) is 0 Å². The first kappa shape index (κ1) is 18.9. The van der Waals surface area contributed by atoms with Crippen LogP contribution < -0.4 is 9.03 Å². The molecule has 1 heterocycles. The Morgan fingerprint density at radius 2 is 1.73 bits per heavy atom. The van der Waals surface area contributed by atoms with E-state index >= 15 is 0 Å². The predicted octanol–water partition coefficient (Wildman–Crippen LogP) is 1.97. The molecule has 0 bridgehead atoms. The van der Waals surface area contributed by atoms with E-state index in [2.05, 4.69) is 4.72 Å². The van der Waals surface area contributed by atoms with Crippen LogP contribution >= 0.6 is 0 Å². The first-order valence-electron chi connectivity index (χ1n) is 8.36. The van der Waals surface area contributed by atoms with Crippen molar-refractivity contribution in [3.05, 3.63) is 59.2 Å². The molecule has 6 nitrogen and oxygen atoms in total. The summed E-state index contributed by atoms with van der Waals surface area (Å²) < 4.78 is 53.7. The topological polar surface area (TPSA) is 83.5 Å². The lowest BCUT2D eigenvalue weighted by atomic mass is 10.1. The normalized spacial score (nSPS) is 14.5. The third-order valence-corrected chi connectivity index (χ3v) is 7.85. The van der Waals surface area contributed by atoms with Gasteiger partial charge < -0.3 is 0 Å². The summed E-state index contributed by atoms with van der Waals surface area (Å²) in [6, 6.07) is 12.2. The molecule has 0 aliphatic carbocycles. The fourth-order valence-corrected chi connectivity index (χ4v) is 5.65. The number of hydrogen-bond donors (Lipinski definition) is 1. The van der Waals surface area contributed by atoms with Gasteiger partial charge in [0.2, 0.25) is 20.0 Å². The van der Waals surface area contributed by atoms with Crippen molar-refractivity contribution in [2.45, 2.75) is 25.2 Å². The Hall–Kier alpha value is -1.90. The van der Waals surface area contributed by atoms with E-state index in [0.717, 1.165) is 16.7 Å². The molecule has 2 aromatic rings. The number of fused-ring (bicyclic) bond motifs is 1. The lowest BCUT2D eigenvalue weighted by Gasteiger charge is -2.19. The molecule has 0 saturated carbocycles. The van der Waals surface area contributed by atoms with Crippen LogP contribution in [0.15, 0.2) is 47.4 Å². The molecule has 0 unspecified atom stereocenters. The van der Waals surface area contributed by atoms with E-state index in [0.29, 0.717) is 18.7 Å². The van der Waals surface area contributed by atoms with Gasteiger partial charge >= 0.3 is 0 Å². The van der Waals surface area contributed by atoms with Crippen LogP contribution in [0.3, 0.4) is 0 Å². The molecule has 0 atom stereocenters. The number of nitrogens with zero attached hydrogens (tertiary/aromatic N) is 1. The van der Waals surface area contributed by atoms with Crippen molar-refractivity contribution < 1.29 is 16.8 Å². The van der Waals surface area contributed by atoms with Crippen LogP contribution in [0.5, 0.6) is 0 Å². The third kappa shape index (κ3) is 3.77. The molecule has 0 fully saturated rings. The van der Waals surface area contributed by atoms with E-state index < -0.39 is 20.0 Å². The third-order valence-electron chi connectivity index (χ3n) is 4.62. The van der Waals surface area contributed by atoms with Crippen molar-refractivity contribution in [2.75, 3.05) is 23.1 Å². The van der Waals surface area contributed by atoms with Gasteiger partial charge in [-0.05, 0) is 55.2 Å². The van der Waals surface area contributed by atoms with Crippen molar-refractivity contribution in [1.29, 1.82) is 0 Å². The van der Waals surface area contributed by atoms with Crippen LogP contribution in [0.2, 0.25) is 0 Å². The molecule has 0 aromatic heterocycles. The van der Waals surface area contributed by atoms with Gasteiger partial charge in [0.15, 0.2) is 0 Å². The molecule has 0 spiro atoms. The van der Waals surface area contributed by atoms with E-state index in [1.165, 1.54) is 10.4 Å². The van der Waals surface area contributed by atoms with Gasteiger partial charge in [0, 0.05) is 13.1 Å². The number of hydrogen-bond acceptors (Lipinski definition) is 4. The summed E-state index contributed by atoms with van der Waals surface area (Å²) in [6.07, 6.45) is 0.670. The van der Waals surface area contributed by atoms with Gasteiger partial charge in [-0.15, -0.1) is 0 Å². The second-order valence-corrected chi connectivity index (χ2v) is 10.2. The lowest BCUT2D eigenvalue weighted by molar-refractivity contribution is 0.580. The highest BCUT2D eigenvalue weighted by Gasteiger charge is 2.29. The van der Waals surface area contributed by atoms with Crippen molar-refractivity contribution >= 4 is 25.7 Å². The van der Waals surface area contributed by atoms with Crippen molar-refractivity contribution in [2.24, 2.45) is 0 Å². The predicted molar refractivity (Wildman–Crippen MR) is 102 cm³/mol. The highest BCUT2D eigenvalue weighted by Crippen LogP contribution is 2.29. The van der Waals surface area contributed by atoms with E-state index in [1.54, 1.807) is 24.3 Å². The number of anilines is 1. The summed E-state index contributed by atoms with van der Waals surface area (Å²) in [5.74, 6) is -0.286. The molecule has 0 saturated heterocycles. The number of sulfonamides is 2. The van der Waals surface area contributed by atoms with Gasteiger partial charge in [-0.2, -0.15) is 0 Å².